The molecule has 2 amide bonds. The summed E-state index contributed by atoms with van der Waals surface area (Å²) in [6.45, 7) is 4.25. The molecule has 0 saturated carbocycles. The zero-order valence-electron chi connectivity index (χ0n) is 13.9. The lowest BCUT2D eigenvalue weighted by molar-refractivity contribution is -0.118. The van der Waals surface area contributed by atoms with Gasteiger partial charge < -0.3 is 15.7 Å². The maximum atomic E-state index is 12.1. The Balaban J connectivity index is 2.00. The predicted molar refractivity (Wildman–Crippen MR) is 93.8 cm³/mol. The first-order chi connectivity index (χ1) is 11.5. The molecule has 0 heterocycles. The summed E-state index contributed by atoms with van der Waals surface area (Å²) in [5.41, 5.74) is 2.68. The van der Waals surface area contributed by atoms with E-state index in [1.54, 1.807) is 30.3 Å². The Labute approximate surface area is 141 Å². The average Bonchev–Trinajstić information content (AvgIpc) is 2.57. The summed E-state index contributed by atoms with van der Waals surface area (Å²) in [4.78, 5) is 23.9. The van der Waals surface area contributed by atoms with E-state index in [0.717, 1.165) is 5.56 Å². The standard InChI is InChI=1S/C19H22N2O3/c1-3-20-19(24)15-9-10-16(13(2)11-15)21-18(23)12-17(22)14-7-5-4-6-8-14/h4-11,17,22H,3,12H2,1-2H3,(H,20,24)(H,21,23). The second-order valence-electron chi connectivity index (χ2n) is 5.57. The predicted octanol–water partition coefficient (Wildman–Crippen LogP) is 2.81. The third-order valence-corrected chi connectivity index (χ3v) is 3.66. The molecule has 0 fully saturated rings. The lowest BCUT2D eigenvalue weighted by Crippen LogP contribution is -2.23. The number of aryl methyl sites for hydroxylation is 1. The summed E-state index contributed by atoms with van der Waals surface area (Å²) in [6, 6.07) is 14.2. The fraction of sp³-hybridized carbons (Fsp3) is 0.263. The second kappa shape index (κ2) is 8.26. The van der Waals surface area contributed by atoms with Crippen molar-refractivity contribution in [3.8, 4) is 0 Å². The summed E-state index contributed by atoms with van der Waals surface area (Å²) in [5, 5.41) is 15.6. The van der Waals surface area contributed by atoms with E-state index >= 15 is 0 Å². The number of carbonyl (C=O) groups excluding carboxylic acids is 2. The molecule has 5 heteroatoms. The molecule has 24 heavy (non-hydrogen) atoms. The van der Waals surface area contributed by atoms with Crippen LogP contribution in [0.1, 0.15) is 40.9 Å². The summed E-state index contributed by atoms with van der Waals surface area (Å²) >= 11 is 0. The van der Waals surface area contributed by atoms with Crippen LogP contribution in [0.4, 0.5) is 5.69 Å². The minimum Gasteiger partial charge on any atom is -0.388 e. The normalized spacial score (nSPS) is 11.6. The van der Waals surface area contributed by atoms with Crippen LogP contribution in [0.15, 0.2) is 48.5 Å². The quantitative estimate of drug-likeness (QED) is 0.764. The lowest BCUT2D eigenvalue weighted by atomic mass is 10.1. The lowest BCUT2D eigenvalue weighted by Gasteiger charge is -2.13. The monoisotopic (exact) mass is 326 g/mol. The molecule has 0 aliphatic carbocycles. The van der Waals surface area contributed by atoms with Gasteiger partial charge in [-0.3, -0.25) is 9.59 Å². The summed E-state index contributed by atoms with van der Waals surface area (Å²) in [5.74, 6) is -0.418. The molecule has 0 aromatic heterocycles. The number of rotatable bonds is 6. The highest BCUT2D eigenvalue weighted by Crippen LogP contribution is 2.20. The van der Waals surface area contributed by atoms with Crippen LogP contribution in [-0.4, -0.2) is 23.5 Å². The van der Waals surface area contributed by atoms with Gasteiger partial charge in [0.1, 0.15) is 0 Å². The van der Waals surface area contributed by atoms with Crippen molar-refractivity contribution in [2.45, 2.75) is 26.4 Å². The number of amides is 2. The number of hydrogen-bond donors (Lipinski definition) is 3. The zero-order chi connectivity index (χ0) is 17.5. The molecule has 5 nitrogen and oxygen atoms in total. The Morgan fingerprint density at radius 3 is 2.46 bits per heavy atom. The number of benzene rings is 2. The highest BCUT2D eigenvalue weighted by Gasteiger charge is 2.14. The molecule has 1 unspecified atom stereocenters. The Kier molecular flexibility index (Phi) is 6.09. The maximum Gasteiger partial charge on any atom is 0.251 e. The Hall–Kier alpha value is -2.66. The van der Waals surface area contributed by atoms with Crippen LogP contribution in [0.3, 0.4) is 0 Å². The van der Waals surface area contributed by atoms with E-state index in [4.69, 9.17) is 0 Å². The molecule has 2 rings (SSSR count). The third-order valence-electron chi connectivity index (χ3n) is 3.66. The van der Waals surface area contributed by atoms with E-state index in [0.29, 0.717) is 23.4 Å². The van der Waals surface area contributed by atoms with Gasteiger partial charge in [0.2, 0.25) is 5.91 Å². The van der Waals surface area contributed by atoms with Crippen molar-refractivity contribution >= 4 is 17.5 Å². The Morgan fingerprint density at radius 1 is 1.12 bits per heavy atom. The van der Waals surface area contributed by atoms with Crippen molar-refractivity contribution in [2.75, 3.05) is 11.9 Å². The summed E-state index contributed by atoms with van der Waals surface area (Å²) in [6.07, 6.45) is -0.872. The van der Waals surface area contributed by atoms with Crippen LogP contribution in [0, 0.1) is 6.92 Å². The minimum absolute atomic E-state index is 0.0263. The SMILES string of the molecule is CCNC(=O)c1ccc(NC(=O)CC(O)c2ccccc2)c(C)c1. The molecule has 0 spiro atoms. The number of anilines is 1. The van der Waals surface area contributed by atoms with Crippen molar-refractivity contribution in [1.82, 2.24) is 5.32 Å². The smallest absolute Gasteiger partial charge is 0.251 e. The number of aliphatic hydroxyl groups is 1. The van der Waals surface area contributed by atoms with Crippen LogP contribution >= 0.6 is 0 Å². The molecule has 1 atom stereocenters. The van der Waals surface area contributed by atoms with Crippen LogP contribution in [-0.2, 0) is 4.79 Å². The summed E-state index contributed by atoms with van der Waals surface area (Å²) in [7, 11) is 0. The van der Waals surface area contributed by atoms with E-state index in [-0.39, 0.29) is 18.2 Å². The average molecular weight is 326 g/mol. The zero-order valence-corrected chi connectivity index (χ0v) is 13.9. The van der Waals surface area contributed by atoms with Crippen molar-refractivity contribution < 1.29 is 14.7 Å². The van der Waals surface area contributed by atoms with Gasteiger partial charge in [-0.15, -0.1) is 0 Å². The highest BCUT2D eigenvalue weighted by atomic mass is 16.3. The maximum absolute atomic E-state index is 12.1. The van der Waals surface area contributed by atoms with Gasteiger partial charge in [-0.2, -0.15) is 0 Å². The van der Waals surface area contributed by atoms with Gasteiger partial charge in [-0.1, -0.05) is 30.3 Å². The van der Waals surface area contributed by atoms with Gasteiger partial charge in [0.05, 0.1) is 12.5 Å². The first-order valence-corrected chi connectivity index (χ1v) is 7.93. The van der Waals surface area contributed by atoms with E-state index in [1.807, 2.05) is 32.0 Å². The molecule has 0 aliphatic rings. The molecule has 2 aromatic rings. The topological polar surface area (TPSA) is 78.4 Å². The Bertz CT molecular complexity index is 714. The van der Waals surface area contributed by atoms with Crippen molar-refractivity contribution in [3.63, 3.8) is 0 Å². The van der Waals surface area contributed by atoms with Crippen LogP contribution in [0.5, 0.6) is 0 Å². The molecular formula is C19H22N2O3. The van der Waals surface area contributed by atoms with Crippen LogP contribution in [0.2, 0.25) is 0 Å². The molecular weight excluding hydrogens is 304 g/mol. The van der Waals surface area contributed by atoms with Crippen LogP contribution in [0.25, 0.3) is 0 Å². The number of carbonyl (C=O) groups is 2. The molecule has 3 N–H and O–H groups in total. The minimum atomic E-state index is -0.846. The fourth-order valence-corrected chi connectivity index (χ4v) is 2.38. The highest BCUT2D eigenvalue weighted by molar-refractivity contribution is 5.96. The molecule has 0 radical (unpaired) electrons. The molecule has 0 aliphatic heterocycles. The molecule has 2 aromatic carbocycles. The van der Waals surface area contributed by atoms with Gasteiger partial charge >= 0.3 is 0 Å². The first-order valence-electron chi connectivity index (χ1n) is 7.93. The summed E-state index contributed by atoms with van der Waals surface area (Å²) < 4.78 is 0. The second-order valence-corrected chi connectivity index (χ2v) is 5.57. The third kappa shape index (κ3) is 4.67. The largest absolute Gasteiger partial charge is 0.388 e. The van der Waals surface area contributed by atoms with Crippen molar-refractivity contribution in [2.24, 2.45) is 0 Å². The fourth-order valence-electron chi connectivity index (χ4n) is 2.38. The van der Waals surface area contributed by atoms with Gasteiger partial charge in [-0.25, -0.2) is 0 Å². The van der Waals surface area contributed by atoms with Crippen molar-refractivity contribution in [1.29, 1.82) is 0 Å². The van der Waals surface area contributed by atoms with E-state index in [2.05, 4.69) is 10.6 Å². The van der Waals surface area contributed by atoms with Gasteiger partial charge in [-0.05, 0) is 43.2 Å². The van der Waals surface area contributed by atoms with Gasteiger partial charge in [0, 0.05) is 17.8 Å². The first kappa shape index (κ1) is 17.7. The molecule has 0 saturated heterocycles. The van der Waals surface area contributed by atoms with Crippen molar-refractivity contribution in [3.05, 3.63) is 65.2 Å². The number of nitrogens with one attached hydrogen (secondary N) is 2. The van der Waals surface area contributed by atoms with Gasteiger partial charge in [0.15, 0.2) is 0 Å². The molecule has 126 valence electrons. The number of aliphatic hydroxyl groups excluding tert-OH is 1. The van der Waals surface area contributed by atoms with E-state index in [1.165, 1.54) is 0 Å². The van der Waals surface area contributed by atoms with E-state index < -0.39 is 6.10 Å². The Morgan fingerprint density at radius 2 is 1.83 bits per heavy atom. The van der Waals surface area contributed by atoms with Crippen LogP contribution < -0.4 is 10.6 Å². The van der Waals surface area contributed by atoms with Gasteiger partial charge in [0.25, 0.3) is 5.91 Å². The molecule has 0 bridgehead atoms. The van der Waals surface area contributed by atoms with E-state index in [9.17, 15) is 14.7 Å². The number of hydrogen-bond acceptors (Lipinski definition) is 3.